The SMILES string of the molecule is O=S(=O)(/C=C/c1ccc(Cl)cc1)N(Cc1ccco1)C1CCCC1. The van der Waals surface area contributed by atoms with Crippen molar-refractivity contribution >= 4 is 27.7 Å². The van der Waals surface area contributed by atoms with Gasteiger partial charge >= 0.3 is 0 Å². The van der Waals surface area contributed by atoms with Gasteiger partial charge < -0.3 is 4.42 Å². The fourth-order valence-corrected chi connectivity index (χ4v) is 4.54. The molecule has 0 aliphatic heterocycles. The van der Waals surface area contributed by atoms with Gasteiger partial charge in [-0.3, -0.25) is 0 Å². The van der Waals surface area contributed by atoms with E-state index in [0.29, 0.717) is 10.8 Å². The molecule has 0 spiro atoms. The minimum absolute atomic E-state index is 0.0370. The summed E-state index contributed by atoms with van der Waals surface area (Å²) in [5.41, 5.74) is 0.798. The van der Waals surface area contributed by atoms with Gasteiger partial charge in [-0.05, 0) is 48.7 Å². The maximum Gasteiger partial charge on any atom is 0.236 e. The predicted octanol–water partition coefficient (Wildman–Crippen LogP) is 4.68. The molecule has 0 atom stereocenters. The fourth-order valence-electron chi connectivity index (χ4n) is 2.99. The van der Waals surface area contributed by atoms with Crippen molar-refractivity contribution in [1.29, 1.82) is 0 Å². The van der Waals surface area contributed by atoms with E-state index < -0.39 is 10.0 Å². The van der Waals surface area contributed by atoms with E-state index in [9.17, 15) is 8.42 Å². The van der Waals surface area contributed by atoms with Gasteiger partial charge in [0.25, 0.3) is 0 Å². The Hall–Kier alpha value is -1.56. The van der Waals surface area contributed by atoms with Crippen LogP contribution in [0, 0.1) is 0 Å². The van der Waals surface area contributed by atoms with Gasteiger partial charge in [0.15, 0.2) is 0 Å². The molecular formula is C18H20ClNO3S. The average molecular weight is 366 g/mol. The Morgan fingerprint density at radius 1 is 1.17 bits per heavy atom. The summed E-state index contributed by atoms with van der Waals surface area (Å²) in [5.74, 6) is 0.658. The Morgan fingerprint density at radius 2 is 1.88 bits per heavy atom. The highest BCUT2D eigenvalue weighted by Crippen LogP contribution is 2.28. The van der Waals surface area contributed by atoms with Gasteiger partial charge in [0.05, 0.1) is 12.8 Å². The monoisotopic (exact) mass is 365 g/mol. The van der Waals surface area contributed by atoms with E-state index in [2.05, 4.69) is 0 Å². The van der Waals surface area contributed by atoms with E-state index in [1.807, 2.05) is 0 Å². The van der Waals surface area contributed by atoms with E-state index >= 15 is 0 Å². The normalized spacial score (nSPS) is 16.4. The minimum Gasteiger partial charge on any atom is -0.468 e. The first-order chi connectivity index (χ1) is 11.5. The zero-order valence-electron chi connectivity index (χ0n) is 13.3. The topological polar surface area (TPSA) is 50.5 Å². The van der Waals surface area contributed by atoms with Crippen molar-refractivity contribution in [2.75, 3.05) is 0 Å². The molecule has 0 bridgehead atoms. The van der Waals surface area contributed by atoms with Crippen LogP contribution in [0.25, 0.3) is 6.08 Å². The summed E-state index contributed by atoms with van der Waals surface area (Å²) >= 11 is 5.86. The van der Waals surface area contributed by atoms with Gasteiger partial charge in [0.1, 0.15) is 5.76 Å². The van der Waals surface area contributed by atoms with Crippen LogP contribution in [-0.4, -0.2) is 18.8 Å². The molecule has 128 valence electrons. The summed E-state index contributed by atoms with van der Waals surface area (Å²) in [6.07, 6.45) is 7.10. The smallest absolute Gasteiger partial charge is 0.236 e. The summed E-state index contributed by atoms with van der Waals surface area (Å²) in [4.78, 5) is 0. The lowest BCUT2D eigenvalue weighted by molar-refractivity contribution is 0.295. The molecule has 3 rings (SSSR count). The van der Waals surface area contributed by atoms with E-state index in [-0.39, 0.29) is 12.6 Å². The number of furan rings is 1. The molecule has 0 unspecified atom stereocenters. The minimum atomic E-state index is -3.53. The Labute approximate surface area is 147 Å². The third-order valence-corrected chi connectivity index (χ3v) is 6.07. The van der Waals surface area contributed by atoms with Crippen LogP contribution in [0.15, 0.2) is 52.5 Å². The molecule has 1 aliphatic rings. The summed E-state index contributed by atoms with van der Waals surface area (Å²) in [6, 6.07) is 10.7. The van der Waals surface area contributed by atoms with Crippen LogP contribution >= 0.6 is 11.6 Å². The van der Waals surface area contributed by atoms with Gasteiger partial charge in [0.2, 0.25) is 10.0 Å². The number of rotatable bonds is 6. The van der Waals surface area contributed by atoms with Crippen molar-refractivity contribution in [2.24, 2.45) is 0 Å². The first kappa shape index (κ1) is 17.3. The van der Waals surface area contributed by atoms with Crippen LogP contribution < -0.4 is 0 Å². The van der Waals surface area contributed by atoms with Gasteiger partial charge in [-0.15, -0.1) is 0 Å². The molecular weight excluding hydrogens is 346 g/mol. The van der Waals surface area contributed by atoms with Crippen LogP contribution in [0.3, 0.4) is 0 Å². The molecule has 1 aromatic heterocycles. The standard InChI is InChI=1S/C18H20ClNO3S/c19-16-9-7-15(8-10-16)11-13-24(21,22)20(17-4-1-2-5-17)14-18-6-3-12-23-18/h3,6-13,17H,1-2,4-5,14H2/b13-11+. The van der Waals surface area contributed by atoms with Gasteiger partial charge in [-0.25, -0.2) is 8.42 Å². The number of nitrogens with zero attached hydrogens (tertiary/aromatic N) is 1. The second-order valence-electron chi connectivity index (χ2n) is 5.96. The van der Waals surface area contributed by atoms with Crippen molar-refractivity contribution in [1.82, 2.24) is 4.31 Å². The molecule has 24 heavy (non-hydrogen) atoms. The Kier molecular flexibility index (Phi) is 5.43. The average Bonchev–Trinajstić information content (AvgIpc) is 3.25. The first-order valence-electron chi connectivity index (χ1n) is 8.02. The molecule has 1 fully saturated rings. The van der Waals surface area contributed by atoms with Gasteiger partial charge in [0, 0.05) is 16.5 Å². The van der Waals surface area contributed by atoms with Crippen molar-refractivity contribution in [2.45, 2.75) is 38.3 Å². The van der Waals surface area contributed by atoms with Crippen molar-refractivity contribution in [3.8, 4) is 0 Å². The number of hydrogen-bond donors (Lipinski definition) is 0. The highest BCUT2D eigenvalue weighted by Gasteiger charge is 2.31. The lowest BCUT2D eigenvalue weighted by Gasteiger charge is -2.25. The van der Waals surface area contributed by atoms with Crippen LogP contribution in [0.1, 0.15) is 37.0 Å². The predicted molar refractivity (Wildman–Crippen MR) is 95.9 cm³/mol. The Bertz CT molecular complexity index is 776. The van der Waals surface area contributed by atoms with Gasteiger partial charge in [-0.2, -0.15) is 4.31 Å². The maximum absolute atomic E-state index is 12.9. The van der Waals surface area contributed by atoms with E-state index in [4.69, 9.17) is 16.0 Å². The highest BCUT2D eigenvalue weighted by molar-refractivity contribution is 7.92. The number of halogens is 1. The fraction of sp³-hybridized carbons (Fsp3) is 0.333. The Morgan fingerprint density at radius 3 is 2.50 bits per heavy atom. The molecule has 1 heterocycles. The molecule has 1 aliphatic carbocycles. The van der Waals surface area contributed by atoms with Crippen molar-refractivity contribution in [3.63, 3.8) is 0 Å². The largest absolute Gasteiger partial charge is 0.468 e. The molecule has 0 radical (unpaired) electrons. The molecule has 1 saturated carbocycles. The summed E-state index contributed by atoms with van der Waals surface area (Å²) in [5, 5.41) is 1.90. The number of benzene rings is 1. The molecule has 4 nitrogen and oxygen atoms in total. The van der Waals surface area contributed by atoms with Crippen molar-refractivity contribution < 1.29 is 12.8 Å². The zero-order valence-corrected chi connectivity index (χ0v) is 14.8. The van der Waals surface area contributed by atoms with E-state index in [1.165, 1.54) is 5.41 Å². The molecule has 0 saturated heterocycles. The van der Waals surface area contributed by atoms with Crippen LogP contribution in [0.5, 0.6) is 0 Å². The second-order valence-corrected chi connectivity index (χ2v) is 8.17. The molecule has 0 N–H and O–H groups in total. The van der Waals surface area contributed by atoms with Crippen LogP contribution in [0.2, 0.25) is 5.02 Å². The lowest BCUT2D eigenvalue weighted by atomic mass is 10.2. The quantitative estimate of drug-likeness (QED) is 0.746. The summed E-state index contributed by atoms with van der Waals surface area (Å²) < 4.78 is 32.6. The van der Waals surface area contributed by atoms with Gasteiger partial charge in [-0.1, -0.05) is 36.6 Å². The van der Waals surface area contributed by atoms with E-state index in [1.54, 1.807) is 53.0 Å². The lowest BCUT2D eigenvalue weighted by Crippen LogP contribution is -2.36. The number of sulfonamides is 1. The van der Waals surface area contributed by atoms with Crippen molar-refractivity contribution in [3.05, 3.63) is 64.4 Å². The van der Waals surface area contributed by atoms with E-state index in [0.717, 1.165) is 31.2 Å². The third-order valence-electron chi connectivity index (χ3n) is 4.25. The molecule has 6 heteroatoms. The Balaban J connectivity index is 1.82. The molecule has 1 aromatic carbocycles. The summed E-state index contributed by atoms with van der Waals surface area (Å²) in [6.45, 7) is 0.269. The van der Waals surface area contributed by atoms with Crippen LogP contribution in [-0.2, 0) is 16.6 Å². The maximum atomic E-state index is 12.9. The first-order valence-corrected chi connectivity index (χ1v) is 9.90. The van der Waals surface area contributed by atoms with Crippen LogP contribution in [0.4, 0.5) is 0 Å². The molecule has 2 aromatic rings. The zero-order chi connectivity index (χ0) is 17.0. The summed E-state index contributed by atoms with van der Waals surface area (Å²) in [7, 11) is -3.53. The highest BCUT2D eigenvalue weighted by atomic mass is 35.5. The third kappa shape index (κ3) is 4.29. The molecule has 0 amide bonds. The second kappa shape index (κ2) is 7.55. The number of hydrogen-bond acceptors (Lipinski definition) is 3.